The molecule has 1 aliphatic rings. The first-order valence-electron chi connectivity index (χ1n) is 17.1. The molecule has 8 aromatic rings. The minimum Gasteiger partial charge on any atom is -0.504 e. The van der Waals surface area contributed by atoms with Gasteiger partial charge in [-0.3, -0.25) is 4.68 Å². The van der Waals surface area contributed by atoms with Crippen LogP contribution in [0.4, 0.5) is 17.1 Å². The molecule has 0 aliphatic carbocycles. The van der Waals surface area contributed by atoms with Gasteiger partial charge < -0.3 is 14.4 Å². The van der Waals surface area contributed by atoms with E-state index in [4.69, 9.17) is 5.10 Å². The summed E-state index contributed by atoms with van der Waals surface area (Å²) in [5, 5.41) is 7.71. The molecule has 254 valence electrons. The Morgan fingerprint density at radius 3 is 1.98 bits per heavy atom. The molecular weight excluding hydrogens is 806 g/mol. The quantitative estimate of drug-likeness (QED) is 0.162. The van der Waals surface area contributed by atoms with Crippen LogP contribution < -0.4 is 9.80 Å². The first-order valence-corrected chi connectivity index (χ1v) is 17.1. The van der Waals surface area contributed by atoms with Crippen LogP contribution in [0.1, 0.15) is 26.5 Å². The van der Waals surface area contributed by atoms with Gasteiger partial charge in [-0.2, -0.15) is 23.9 Å². The number of hydrogen-bond donors (Lipinski definition) is 0. The minimum absolute atomic E-state index is 0. The largest absolute Gasteiger partial charge is 0.504 e. The SMILES string of the molecule is CN1[CH-]N(c2[c-]c(-n3c4[c-]c(-n5nc(-c6ccccc6)c(-c6ccccc6)c5C(C)(C)C)ccc4c4ccccc43)ccc2)c2ccccc21.[Pt]. The number of rotatable bonds is 5. The third-order valence-electron chi connectivity index (χ3n) is 9.58. The van der Waals surface area contributed by atoms with Crippen molar-refractivity contribution >= 4 is 38.9 Å². The standard InChI is InChI=1S/C45H36N5.Pt/c1-45(2,3)44-42(31-16-7-5-8-17-31)43(32-18-9-6-10-19-32)46-50(44)35-26-27-37-36-22-11-12-23-38(36)49(41(37)29-35)34-21-15-20-33(28-34)48-30-47(4)39-24-13-14-25-40(39)48;/h5-27,30H,1-4H3;/q-3;. The first-order chi connectivity index (χ1) is 24.4. The van der Waals surface area contributed by atoms with E-state index in [0.29, 0.717) is 0 Å². The molecule has 2 aromatic heterocycles. The Bertz CT molecular complexity index is 2520. The molecule has 51 heavy (non-hydrogen) atoms. The number of nitrogens with zero attached hydrogens (tertiary/aromatic N) is 5. The molecule has 1 aliphatic heterocycles. The van der Waals surface area contributed by atoms with E-state index in [2.05, 4.69) is 205 Å². The molecular formula is C45H36N5Pt-3. The van der Waals surface area contributed by atoms with Crippen LogP contribution in [0.15, 0.2) is 140 Å². The molecule has 0 bridgehead atoms. The first kappa shape index (κ1) is 32.8. The molecule has 0 unspecified atom stereocenters. The zero-order valence-electron chi connectivity index (χ0n) is 28.9. The van der Waals surface area contributed by atoms with Crippen molar-refractivity contribution in [2.75, 3.05) is 16.8 Å². The average molecular weight is 842 g/mol. The summed E-state index contributed by atoms with van der Waals surface area (Å²) in [4.78, 5) is 4.36. The molecule has 0 N–H and O–H groups in total. The molecule has 0 saturated carbocycles. The van der Waals surface area contributed by atoms with Crippen molar-refractivity contribution in [3.05, 3.63) is 164 Å². The van der Waals surface area contributed by atoms with E-state index in [-0.39, 0.29) is 26.5 Å². The molecule has 0 amide bonds. The normalized spacial score (nSPS) is 12.8. The van der Waals surface area contributed by atoms with E-state index in [1.165, 1.54) is 11.1 Å². The number of hydrogen-bond acceptors (Lipinski definition) is 3. The molecule has 0 radical (unpaired) electrons. The Morgan fingerprint density at radius 1 is 0.588 bits per heavy atom. The maximum absolute atomic E-state index is 5.40. The molecule has 0 fully saturated rings. The number of para-hydroxylation sites is 3. The van der Waals surface area contributed by atoms with E-state index in [9.17, 15) is 0 Å². The van der Waals surface area contributed by atoms with Crippen molar-refractivity contribution < 1.29 is 21.1 Å². The van der Waals surface area contributed by atoms with Gasteiger partial charge in [-0.05, 0) is 41.9 Å². The van der Waals surface area contributed by atoms with Crippen LogP contribution in [0.25, 0.3) is 55.6 Å². The van der Waals surface area contributed by atoms with Crippen molar-refractivity contribution in [3.63, 3.8) is 0 Å². The maximum Gasteiger partial charge on any atom is 0.101 e. The Morgan fingerprint density at radius 2 is 1.24 bits per heavy atom. The van der Waals surface area contributed by atoms with Crippen LogP contribution >= 0.6 is 0 Å². The molecule has 0 atom stereocenters. The van der Waals surface area contributed by atoms with Gasteiger partial charge in [0, 0.05) is 54.5 Å². The van der Waals surface area contributed by atoms with Crippen LogP contribution in [-0.2, 0) is 26.5 Å². The number of fused-ring (bicyclic) bond motifs is 4. The fraction of sp³-hybridized carbons (Fsp3) is 0.111. The van der Waals surface area contributed by atoms with Gasteiger partial charge in [-0.1, -0.05) is 123 Å². The summed E-state index contributed by atoms with van der Waals surface area (Å²) in [5.74, 6) is 0. The minimum atomic E-state index is -0.224. The van der Waals surface area contributed by atoms with Crippen LogP contribution in [0, 0.1) is 18.8 Å². The summed E-state index contributed by atoms with van der Waals surface area (Å²) >= 11 is 0. The second-order valence-electron chi connectivity index (χ2n) is 13.9. The predicted octanol–water partition coefficient (Wildman–Crippen LogP) is 10.9. The summed E-state index contributed by atoms with van der Waals surface area (Å²) in [5.41, 5.74) is 12.5. The van der Waals surface area contributed by atoms with Crippen molar-refractivity contribution in [1.82, 2.24) is 14.3 Å². The van der Waals surface area contributed by atoms with Gasteiger partial charge in [0.1, 0.15) is 5.69 Å². The third kappa shape index (κ3) is 5.48. The van der Waals surface area contributed by atoms with Crippen LogP contribution in [0.2, 0.25) is 0 Å². The molecule has 6 heteroatoms. The number of anilines is 3. The second-order valence-corrected chi connectivity index (χ2v) is 13.9. The Balaban J connectivity index is 0.00000374. The Kier molecular flexibility index (Phi) is 8.20. The summed E-state index contributed by atoms with van der Waals surface area (Å²) in [6.45, 7) is 8.92. The van der Waals surface area contributed by atoms with Crippen LogP contribution in [-0.4, -0.2) is 21.4 Å². The molecule has 0 spiro atoms. The fourth-order valence-electron chi connectivity index (χ4n) is 7.39. The summed E-state index contributed by atoms with van der Waals surface area (Å²) in [6.07, 6.45) is 0. The van der Waals surface area contributed by atoms with Gasteiger partial charge >= 0.3 is 0 Å². The second kappa shape index (κ2) is 12.7. The molecule has 0 saturated heterocycles. The Labute approximate surface area is 313 Å². The van der Waals surface area contributed by atoms with E-state index < -0.39 is 0 Å². The van der Waals surface area contributed by atoms with Crippen LogP contribution in [0.5, 0.6) is 0 Å². The average Bonchev–Trinajstić information content (AvgIpc) is 3.82. The zero-order chi connectivity index (χ0) is 34.0. The Hall–Kier alpha value is -5.38. The summed E-state index contributed by atoms with van der Waals surface area (Å²) in [7, 11) is 2.08. The molecule has 5 nitrogen and oxygen atoms in total. The smallest absolute Gasteiger partial charge is 0.101 e. The monoisotopic (exact) mass is 841 g/mol. The fourth-order valence-corrected chi connectivity index (χ4v) is 7.39. The number of benzene rings is 6. The van der Waals surface area contributed by atoms with Gasteiger partial charge in [0.05, 0.1) is 5.69 Å². The zero-order valence-corrected chi connectivity index (χ0v) is 31.2. The molecule has 3 heterocycles. The topological polar surface area (TPSA) is 29.2 Å². The van der Waals surface area contributed by atoms with Gasteiger partial charge in [0.25, 0.3) is 0 Å². The third-order valence-corrected chi connectivity index (χ3v) is 9.58. The van der Waals surface area contributed by atoms with E-state index >= 15 is 0 Å². The van der Waals surface area contributed by atoms with Crippen molar-refractivity contribution in [2.45, 2.75) is 26.2 Å². The van der Waals surface area contributed by atoms with Crippen molar-refractivity contribution in [1.29, 1.82) is 0 Å². The van der Waals surface area contributed by atoms with Gasteiger partial charge in [-0.15, -0.1) is 41.4 Å². The van der Waals surface area contributed by atoms with Gasteiger partial charge in [0.15, 0.2) is 0 Å². The summed E-state index contributed by atoms with van der Waals surface area (Å²) < 4.78 is 4.41. The maximum atomic E-state index is 5.40. The number of aromatic nitrogens is 3. The predicted molar refractivity (Wildman–Crippen MR) is 206 cm³/mol. The van der Waals surface area contributed by atoms with E-state index in [1.807, 2.05) is 0 Å². The van der Waals surface area contributed by atoms with E-state index in [1.54, 1.807) is 0 Å². The molecule has 6 aromatic carbocycles. The van der Waals surface area contributed by atoms with Crippen molar-refractivity contribution in [2.24, 2.45) is 0 Å². The van der Waals surface area contributed by atoms with E-state index in [0.717, 1.165) is 67.2 Å². The van der Waals surface area contributed by atoms with Crippen LogP contribution in [0.3, 0.4) is 0 Å². The summed E-state index contributed by atoms with van der Waals surface area (Å²) in [6, 6.07) is 56.6. The van der Waals surface area contributed by atoms with Gasteiger partial charge in [-0.25, -0.2) is 0 Å². The molecule has 9 rings (SSSR count). The van der Waals surface area contributed by atoms with Gasteiger partial charge in [0.2, 0.25) is 0 Å². The van der Waals surface area contributed by atoms with Crippen molar-refractivity contribution in [3.8, 4) is 33.8 Å².